The van der Waals surface area contributed by atoms with Crippen molar-refractivity contribution < 1.29 is 38.0 Å². The van der Waals surface area contributed by atoms with Crippen LogP contribution in [0.5, 0.6) is 34.5 Å². The van der Waals surface area contributed by atoms with Gasteiger partial charge in [-0.3, -0.25) is 9.59 Å². The molecule has 202 valence electrons. The number of hydrogen-bond acceptors (Lipinski definition) is 9. The van der Waals surface area contributed by atoms with E-state index >= 15 is 0 Å². The van der Waals surface area contributed by atoms with Crippen molar-refractivity contribution in [2.24, 2.45) is 0 Å². The van der Waals surface area contributed by atoms with Gasteiger partial charge in [-0.05, 0) is 49.2 Å². The molecule has 2 heterocycles. The first kappa shape index (κ1) is 26.0. The average molecular weight is 533 g/mol. The summed E-state index contributed by atoms with van der Waals surface area (Å²) in [6, 6.07) is 11.7. The van der Waals surface area contributed by atoms with Crippen LogP contribution in [0.25, 0.3) is 22.1 Å². The Hall–Kier alpha value is -4.66. The Morgan fingerprint density at radius 2 is 1.59 bits per heavy atom. The number of phenols is 1. The lowest BCUT2D eigenvalue weighted by Crippen LogP contribution is -2.22. The summed E-state index contributed by atoms with van der Waals surface area (Å²) in [5.41, 5.74) is 1.65. The van der Waals surface area contributed by atoms with Crippen LogP contribution in [0.1, 0.15) is 37.3 Å². The zero-order valence-corrected chi connectivity index (χ0v) is 22.2. The largest absolute Gasteiger partial charge is 0.507 e. The Balaban J connectivity index is 1.69. The molecule has 0 saturated heterocycles. The fourth-order valence-corrected chi connectivity index (χ4v) is 4.87. The number of ether oxygens (including phenoxy) is 5. The summed E-state index contributed by atoms with van der Waals surface area (Å²) in [6.45, 7) is 3.83. The zero-order valence-electron chi connectivity index (χ0n) is 22.2. The van der Waals surface area contributed by atoms with E-state index in [1.54, 1.807) is 30.3 Å². The zero-order chi connectivity index (χ0) is 27.8. The molecule has 1 N–H and O–H groups in total. The predicted molar refractivity (Wildman–Crippen MR) is 144 cm³/mol. The fraction of sp³-hybridized carbons (Fsp3) is 0.267. The van der Waals surface area contributed by atoms with Gasteiger partial charge in [0.1, 0.15) is 28.7 Å². The summed E-state index contributed by atoms with van der Waals surface area (Å²) in [4.78, 5) is 26.3. The van der Waals surface area contributed by atoms with Crippen molar-refractivity contribution in [3.8, 4) is 45.6 Å². The number of fused-ring (bicyclic) bond motifs is 3. The van der Waals surface area contributed by atoms with Gasteiger partial charge in [0.25, 0.3) is 0 Å². The number of phenolic OH excluding ortho intramolecular Hbond substituents is 1. The highest BCUT2D eigenvalue weighted by molar-refractivity contribution is 5.94. The molecule has 3 aromatic carbocycles. The van der Waals surface area contributed by atoms with Crippen LogP contribution in [0.15, 0.2) is 57.9 Å². The smallest absolute Gasteiger partial charge is 0.312 e. The Kier molecular flexibility index (Phi) is 6.82. The summed E-state index contributed by atoms with van der Waals surface area (Å²) in [5, 5.41) is 10.9. The summed E-state index contributed by atoms with van der Waals surface area (Å²) < 4.78 is 33.5. The Bertz CT molecular complexity index is 1630. The molecule has 1 atom stereocenters. The molecule has 0 saturated carbocycles. The minimum Gasteiger partial charge on any atom is -0.507 e. The summed E-state index contributed by atoms with van der Waals surface area (Å²) in [5.74, 6) is 0.788. The van der Waals surface area contributed by atoms with Gasteiger partial charge in [0.2, 0.25) is 5.43 Å². The van der Waals surface area contributed by atoms with Gasteiger partial charge >= 0.3 is 5.97 Å². The second-order valence-corrected chi connectivity index (χ2v) is 9.37. The van der Waals surface area contributed by atoms with E-state index in [9.17, 15) is 14.7 Å². The van der Waals surface area contributed by atoms with Crippen LogP contribution in [-0.2, 0) is 4.79 Å². The Morgan fingerprint density at radius 1 is 0.897 bits per heavy atom. The molecule has 0 amide bonds. The normalized spacial score (nSPS) is 14.6. The highest BCUT2D eigenvalue weighted by atomic mass is 16.5. The molecule has 0 spiro atoms. The summed E-state index contributed by atoms with van der Waals surface area (Å²) >= 11 is 0. The summed E-state index contributed by atoms with van der Waals surface area (Å²) in [6.07, 6.45) is 1.28. The van der Waals surface area contributed by atoms with Gasteiger partial charge < -0.3 is 33.2 Å². The summed E-state index contributed by atoms with van der Waals surface area (Å²) in [7, 11) is 4.56. The quantitative estimate of drug-likeness (QED) is 0.246. The number of rotatable bonds is 7. The van der Waals surface area contributed by atoms with Gasteiger partial charge in [-0.25, -0.2) is 0 Å². The second-order valence-electron chi connectivity index (χ2n) is 9.37. The predicted octanol–water partition coefficient (Wildman–Crippen LogP) is 5.42. The van der Waals surface area contributed by atoms with E-state index in [1.165, 1.54) is 33.7 Å². The van der Waals surface area contributed by atoms with Crippen molar-refractivity contribution in [2.75, 3.05) is 21.3 Å². The van der Waals surface area contributed by atoms with Crippen LogP contribution in [0.3, 0.4) is 0 Å². The van der Waals surface area contributed by atoms with E-state index < -0.39 is 17.3 Å². The first-order valence-corrected chi connectivity index (χ1v) is 12.3. The minimum absolute atomic E-state index is 0.00154. The van der Waals surface area contributed by atoms with Crippen molar-refractivity contribution in [1.82, 2.24) is 0 Å². The maximum absolute atomic E-state index is 13.7. The van der Waals surface area contributed by atoms with Crippen molar-refractivity contribution >= 4 is 16.9 Å². The lowest BCUT2D eigenvalue weighted by atomic mass is 9.84. The molecule has 1 aliphatic rings. The molecule has 0 radical (unpaired) electrons. The van der Waals surface area contributed by atoms with Gasteiger partial charge in [0, 0.05) is 17.5 Å². The molecule has 1 aliphatic heterocycles. The van der Waals surface area contributed by atoms with E-state index in [0.717, 1.165) is 5.56 Å². The fourth-order valence-electron chi connectivity index (χ4n) is 4.87. The molecule has 0 unspecified atom stereocenters. The van der Waals surface area contributed by atoms with Gasteiger partial charge in [0.15, 0.2) is 23.0 Å². The lowest BCUT2D eigenvalue weighted by molar-refractivity contribution is -0.135. The second kappa shape index (κ2) is 10.2. The minimum atomic E-state index is -0.526. The Morgan fingerprint density at radius 3 is 2.28 bits per heavy atom. The first-order chi connectivity index (χ1) is 18.7. The number of carbonyl (C=O) groups excluding carboxylic acids is 1. The van der Waals surface area contributed by atoms with E-state index in [4.69, 9.17) is 28.1 Å². The van der Waals surface area contributed by atoms with Gasteiger partial charge in [-0.15, -0.1) is 0 Å². The highest BCUT2D eigenvalue weighted by Crippen LogP contribution is 2.47. The van der Waals surface area contributed by atoms with Crippen LogP contribution in [0, 0.1) is 0 Å². The molecule has 0 aliphatic carbocycles. The van der Waals surface area contributed by atoms with Crippen molar-refractivity contribution in [3.05, 3.63) is 70.1 Å². The van der Waals surface area contributed by atoms with Gasteiger partial charge in [-0.1, -0.05) is 12.1 Å². The third-order valence-corrected chi connectivity index (χ3v) is 6.62. The number of hydrogen-bond donors (Lipinski definition) is 1. The average Bonchev–Trinajstić information content (AvgIpc) is 2.92. The molecule has 0 fully saturated rings. The maximum Gasteiger partial charge on any atom is 0.312 e. The standard InChI is InChI=1S/C30H28O9/c1-15(2)38-22-9-7-16(10-24(22)36-5)18-12-26(32)39-25-13-20(31)28-29(33)19(14-37-30(28)27(18)25)17-6-8-21(34-3)23(11-17)35-4/h6-11,13-15,18,31H,12H2,1-5H3/t18-/m0/s1. The molecule has 39 heavy (non-hydrogen) atoms. The van der Waals surface area contributed by atoms with Crippen LogP contribution in [0.4, 0.5) is 0 Å². The molecule has 1 aromatic heterocycles. The number of benzene rings is 3. The van der Waals surface area contributed by atoms with Crippen molar-refractivity contribution in [1.29, 1.82) is 0 Å². The van der Waals surface area contributed by atoms with Crippen LogP contribution >= 0.6 is 0 Å². The lowest BCUT2D eigenvalue weighted by Gasteiger charge is -2.26. The Labute approximate surface area is 224 Å². The first-order valence-electron chi connectivity index (χ1n) is 12.3. The van der Waals surface area contributed by atoms with E-state index in [1.807, 2.05) is 19.9 Å². The van der Waals surface area contributed by atoms with E-state index in [2.05, 4.69) is 0 Å². The topological polar surface area (TPSA) is 114 Å². The number of esters is 1. The van der Waals surface area contributed by atoms with Crippen LogP contribution in [0.2, 0.25) is 0 Å². The molecule has 9 nitrogen and oxygen atoms in total. The number of methoxy groups -OCH3 is 3. The maximum atomic E-state index is 13.7. The van der Waals surface area contributed by atoms with Crippen LogP contribution < -0.4 is 29.1 Å². The van der Waals surface area contributed by atoms with Gasteiger partial charge in [-0.2, -0.15) is 0 Å². The van der Waals surface area contributed by atoms with E-state index in [-0.39, 0.29) is 40.6 Å². The van der Waals surface area contributed by atoms with Crippen molar-refractivity contribution in [3.63, 3.8) is 0 Å². The van der Waals surface area contributed by atoms with Crippen LogP contribution in [-0.4, -0.2) is 38.5 Å². The molecule has 5 rings (SSSR count). The molecular formula is C30H28O9. The third-order valence-electron chi connectivity index (χ3n) is 6.62. The number of aromatic hydroxyl groups is 1. The highest BCUT2D eigenvalue weighted by Gasteiger charge is 2.34. The SMILES string of the molecule is COc1ccc(-c2coc3c4c(cc(O)c3c2=O)OC(=O)C[C@H]4c2ccc(OC(C)C)c(OC)c2)cc1OC. The number of carbonyl (C=O) groups is 1. The molecule has 4 aromatic rings. The molecular weight excluding hydrogens is 504 g/mol. The van der Waals surface area contributed by atoms with E-state index in [0.29, 0.717) is 34.1 Å². The molecule has 0 bridgehead atoms. The monoisotopic (exact) mass is 532 g/mol. The third kappa shape index (κ3) is 4.60. The van der Waals surface area contributed by atoms with Gasteiger partial charge in [0.05, 0.1) is 39.4 Å². The molecule has 9 heteroatoms. The van der Waals surface area contributed by atoms with Crippen molar-refractivity contribution in [2.45, 2.75) is 32.3 Å².